The zero-order valence-corrected chi connectivity index (χ0v) is 11.4. The first-order valence-corrected chi connectivity index (χ1v) is 7.77. The maximum atomic E-state index is 12.5. The zero-order chi connectivity index (χ0) is 13.2. The van der Waals surface area contributed by atoms with E-state index < -0.39 is 10.0 Å². The molecule has 0 spiro atoms. The highest BCUT2D eigenvalue weighted by Crippen LogP contribution is 2.23. The van der Waals surface area contributed by atoms with Crippen molar-refractivity contribution in [2.45, 2.75) is 43.8 Å². The first-order chi connectivity index (χ1) is 8.59. The molecular formula is C11H20N4O2S. The van der Waals surface area contributed by atoms with Crippen LogP contribution < -0.4 is 5.73 Å². The molecule has 102 valence electrons. The van der Waals surface area contributed by atoms with Crippen LogP contribution in [0, 0.1) is 0 Å². The predicted octanol–water partition coefficient (Wildman–Crippen LogP) is 0.405. The van der Waals surface area contributed by atoms with Crippen molar-refractivity contribution < 1.29 is 8.42 Å². The predicted molar refractivity (Wildman–Crippen MR) is 68.5 cm³/mol. The Morgan fingerprint density at radius 3 is 2.89 bits per heavy atom. The molecule has 0 radical (unpaired) electrons. The molecule has 1 aromatic heterocycles. The van der Waals surface area contributed by atoms with E-state index in [9.17, 15) is 8.42 Å². The van der Waals surface area contributed by atoms with Gasteiger partial charge >= 0.3 is 0 Å². The molecule has 1 atom stereocenters. The van der Waals surface area contributed by atoms with Crippen LogP contribution in [0.4, 0.5) is 0 Å². The molecule has 18 heavy (non-hydrogen) atoms. The van der Waals surface area contributed by atoms with Crippen LogP contribution in [0.25, 0.3) is 0 Å². The quantitative estimate of drug-likeness (QED) is 0.860. The molecule has 1 saturated heterocycles. The zero-order valence-electron chi connectivity index (χ0n) is 10.6. The number of hydrogen-bond acceptors (Lipinski definition) is 4. The third-order valence-electron chi connectivity index (χ3n) is 3.39. The third-order valence-corrected chi connectivity index (χ3v) is 5.23. The molecule has 0 amide bonds. The number of piperidine rings is 1. The van der Waals surface area contributed by atoms with Crippen molar-refractivity contribution in [3.63, 3.8) is 0 Å². The van der Waals surface area contributed by atoms with Gasteiger partial charge in [-0.15, -0.1) is 0 Å². The fourth-order valence-corrected chi connectivity index (χ4v) is 3.93. The number of hydrogen-bond donors (Lipinski definition) is 1. The molecule has 1 aromatic rings. The first-order valence-electron chi connectivity index (χ1n) is 6.33. The smallest absolute Gasteiger partial charge is 0.262 e. The van der Waals surface area contributed by atoms with E-state index in [2.05, 4.69) is 4.98 Å². The van der Waals surface area contributed by atoms with E-state index in [-0.39, 0.29) is 11.1 Å². The monoisotopic (exact) mass is 272 g/mol. The summed E-state index contributed by atoms with van der Waals surface area (Å²) in [4.78, 5) is 4.00. The third kappa shape index (κ3) is 2.43. The van der Waals surface area contributed by atoms with Crippen molar-refractivity contribution >= 4 is 10.0 Å². The summed E-state index contributed by atoms with van der Waals surface area (Å²) in [5.74, 6) is 0. The van der Waals surface area contributed by atoms with E-state index in [4.69, 9.17) is 5.73 Å². The van der Waals surface area contributed by atoms with Crippen LogP contribution >= 0.6 is 0 Å². The van der Waals surface area contributed by atoms with Crippen LogP contribution in [0.3, 0.4) is 0 Å². The average Bonchev–Trinajstić information content (AvgIpc) is 2.88. The molecule has 1 aliphatic heterocycles. The Balaban J connectivity index is 2.28. The average molecular weight is 272 g/mol. The van der Waals surface area contributed by atoms with Crippen molar-refractivity contribution in [1.82, 2.24) is 13.9 Å². The largest absolute Gasteiger partial charge is 0.336 e. The van der Waals surface area contributed by atoms with Gasteiger partial charge in [0, 0.05) is 31.9 Å². The second-order valence-corrected chi connectivity index (χ2v) is 6.38. The highest BCUT2D eigenvalue weighted by molar-refractivity contribution is 7.89. The van der Waals surface area contributed by atoms with Gasteiger partial charge in [0.25, 0.3) is 10.0 Å². The summed E-state index contributed by atoms with van der Waals surface area (Å²) in [5.41, 5.74) is 5.67. The summed E-state index contributed by atoms with van der Waals surface area (Å²) < 4.78 is 28.2. The van der Waals surface area contributed by atoms with Crippen molar-refractivity contribution in [3.05, 3.63) is 12.5 Å². The second-order valence-electron chi connectivity index (χ2n) is 4.54. The van der Waals surface area contributed by atoms with Gasteiger partial charge in [0.15, 0.2) is 5.03 Å². The highest BCUT2D eigenvalue weighted by atomic mass is 32.2. The van der Waals surface area contributed by atoms with Gasteiger partial charge in [-0.2, -0.15) is 4.31 Å². The number of aryl methyl sites for hydroxylation is 1. The number of rotatable bonds is 4. The minimum absolute atomic E-state index is 0.0875. The Labute approximate surface area is 108 Å². The molecule has 0 aliphatic carbocycles. The normalized spacial score (nSPS) is 22.2. The van der Waals surface area contributed by atoms with Crippen LogP contribution in [-0.2, 0) is 16.6 Å². The summed E-state index contributed by atoms with van der Waals surface area (Å²) in [7, 11) is -3.49. The lowest BCUT2D eigenvalue weighted by atomic mass is 10.1. The van der Waals surface area contributed by atoms with Gasteiger partial charge in [-0.1, -0.05) is 6.42 Å². The lowest BCUT2D eigenvalue weighted by Gasteiger charge is -2.33. The lowest BCUT2D eigenvalue weighted by molar-refractivity contribution is 0.257. The van der Waals surface area contributed by atoms with Gasteiger partial charge in [0.1, 0.15) is 0 Å². The minimum Gasteiger partial charge on any atom is -0.336 e. The summed E-state index contributed by atoms with van der Waals surface area (Å²) in [6.45, 7) is 3.57. The Bertz CT molecular complexity index is 497. The van der Waals surface area contributed by atoms with E-state index in [0.717, 1.165) is 19.3 Å². The fourth-order valence-electron chi connectivity index (χ4n) is 2.29. The van der Waals surface area contributed by atoms with Crippen LogP contribution in [0.15, 0.2) is 17.6 Å². The topological polar surface area (TPSA) is 81.2 Å². The summed E-state index contributed by atoms with van der Waals surface area (Å²) in [6, 6.07) is -0.0875. The number of nitrogens with two attached hydrogens (primary N) is 1. The maximum absolute atomic E-state index is 12.5. The van der Waals surface area contributed by atoms with Crippen LogP contribution in [-0.4, -0.2) is 41.4 Å². The lowest BCUT2D eigenvalue weighted by Crippen LogP contribution is -2.47. The van der Waals surface area contributed by atoms with Gasteiger partial charge in [0.2, 0.25) is 0 Å². The maximum Gasteiger partial charge on any atom is 0.262 e. The summed E-state index contributed by atoms with van der Waals surface area (Å²) in [6.07, 6.45) is 5.90. The molecule has 1 unspecified atom stereocenters. The Morgan fingerprint density at radius 2 is 2.28 bits per heavy atom. The van der Waals surface area contributed by atoms with Crippen molar-refractivity contribution in [2.24, 2.45) is 5.73 Å². The van der Waals surface area contributed by atoms with Gasteiger partial charge in [0.05, 0.1) is 6.33 Å². The first kappa shape index (κ1) is 13.5. The molecule has 1 aliphatic rings. The van der Waals surface area contributed by atoms with E-state index >= 15 is 0 Å². The second kappa shape index (κ2) is 5.38. The van der Waals surface area contributed by atoms with E-state index in [1.165, 1.54) is 4.31 Å². The van der Waals surface area contributed by atoms with Crippen molar-refractivity contribution in [3.8, 4) is 0 Å². The number of aromatic nitrogens is 2. The van der Waals surface area contributed by atoms with Gasteiger partial charge in [-0.3, -0.25) is 0 Å². The molecule has 0 saturated carbocycles. The molecule has 6 nitrogen and oxygen atoms in total. The molecule has 2 heterocycles. The Morgan fingerprint density at radius 1 is 1.50 bits per heavy atom. The molecule has 7 heteroatoms. The van der Waals surface area contributed by atoms with Crippen LogP contribution in [0.5, 0.6) is 0 Å². The van der Waals surface area contributed by atoms with Gasteiger partial charge in [-0.25, -0.2) is 13.4 Å². The molecule has 0 aromatic carbocycles. The van der Waals surface area contributed by atoms with E-state index in [1.807, 2.05) is 6.92 Å². The molecule has 2 rings (SSSR count). The van der Waals surface area contributed by atoms with E-state index in [1.54, 1.807) is 17.1 Å². The van der Waals surface area contributed by atoms with Gasteiger partial charge in [-0.05, 0) is 19.8 Å². The highest BCUT2D eigenvalue weighted by Gasteiger charge is 2.33. The summed E-state index contributed by atoms with van der Waals surface area (Å²) in [5, 5.41) is 0.129. The molecule has 1 fully saturated rings. The Hall–Kier alpha value is -0.920. The SMILES string of the molecule is CCn1cnc(S(=O)(=O)N2CCCCC2CN)c1. The Kier molecular flexibility index (Phi) is 4.04. The molecule has 2 N–H and O–H groups in total. The van der Waals surface area contributed by atoms with Crippen molar-refractivity contribution in [2.75, 3.05) is 13.1 Å². The van der Waals surface area contributed by atoms with Crippen LogP contribution in [0.2, 0.25) is 0 Å². The number of imidazole rings is 1. The summed E-state index contributed by atoms with van der Waals surface area (Å²) >= 11 is 0. The molecule has 0 bridgehead atoms. The number of sulfonamides is 1. The number of nitrogens with zero attached hydrogens (tertiary/aromatic N) is 3. The van der Waals surface area contributed by atoms with Gasteiger partial charge < -0.3 is 10.3 Å². The van der Waals surface area contributed by atoms with Crippen molar-refractivity contribution in [1.29, 1.82) is 0 Å². The standard InChI is InChI=1S/C11H20N4O2S/c1-2-14-8-11(13-9-14)18(16,17)15-6-4-3-5-10(15)7-12/h8-10H,2-7,12H2,1H3. The minimum atomic E-state index is -3.49. The fraction of sp³-hybridized carbons (Fsp3) is 0.727. The van der Waals surface area contributed by atoms with E-state index in [0.29, 0.717) is 19.6 Å². The molecular weight excluding hydrogens is 252 g/mol. The van der Waals surface area contributed by atoms with Crippen LogP contribution in [0.1, 0.15) is 26.2 Å².